The summed E-state index contributed by atoms with van der Waals surface area (Å²) in [6, 6.07) is 33.4. The Labute approximate surface area is 419 Å². The molecule has 2 saturated heterocycles. The second kappa shape index (κ2) is 22.8. The average molecular weight is 977 g/mol. The number of hydrogen-bond acceptors (Lipinski definition) is 13. The number of hydrogen-bond donors (Lipinski definition) is 7. The summed E-state index contributed by atoms with van der Waals surface area (Å²) in [5.41, 5.74) is 8.29. The molecule has 376 valence electrons. The summed E-state index contributed by atoms with van der Waals surface area (Å²) < 4.78 is 0. The smallest absolute Gasteiger partial charge is 0.347 e. The van der Waals surface area contributed by atoms with Gasteiger partial charge < -0.3 is 46.0 Å². The van der Waals surface area contributed by atoms with Crippen molar-refractivity contribution in [2.75, 3.05) is 36.0 Å². The van der Waals surface area contributed by atoms with Crippen LogP contribution in [0, 0.1) is 25.7 Å². The fraction of sp³-hybridized carbons (Fsp3) is 0.375. The molecule has 16 heteroatoms. The molecule has 2 aromatic heterocycles. The quantitative estimate of drug-likeness (QED) is 0.0458. The number of benzene rings is 4. The molecule has 0 spiro atoms. The van der Waals surface area contributed by atoms with Gasteiger partial charge in [-0.25, -0.2) is 24.7 Å². The monoisotopic (exact) mass is 976 g/mol. The van der Waals surface area contributed by atoms with Crippen LogP contribution in [-0.2, 0) is 30.5 Å². The van der Waals surface area contributed by atoms with Gasteiger partial charge in [0.1, 0.15) is 11.6 Å². The molecule has 0 bridgehead atoms. The van der Waals surface area contributed by atoms with Crippen molar-refractivity contribution in [3.05, 3.63) is 143 Å². The number of amides is 2. The minimum atomic E-state index is -1.97. The SMILES string of the molecule is Cc1nc(CC2CCN(c3ccc(-c4ccc(CC(C)O)cc4)cc3)CC2)nc(C(=O)NC(NC(=O)c2nc(CC3CCN(c4ccc(-c5ccc(CC(C)O)cc5)cc4)CC3)nc(C)c2O)C(=O)O)c1O. The molecule has 16 nitrogen and oxygen atoms in total. The van der Waals surface area contributed by atoms with E-state index in [0.717, 1.165) is 96.6 Å². The van der Waals surface area contributed by atoms with Crippen molar-refractivity contribution in [1.82, 2.24) is 30.6 Å². The predicted molar refractivity (Wildman–Crippen MR) is 275 cm³/mol. The predicted octanol–water partition coefficient (Wildman–Crippen LogP) is 6.96. The van der Waals surface area contributed by atoms with E-state index in [0.29, 0.717) is 37.3 Å². The maximum Gasteiger partial charge on any atom is 0.347 e. The van der Waals surface area contributed by atoms with Crippen LogP contribution in [0.5, 0.6) is 11.5 Å². The lowest BCUT2D eigenvalue weighted by molar-refractivity contribution is -0.139. The highest BCUT2D eigenvalue weighted by Crippen LogP contribution is 2.31. The number of anilines is 2. The highest BCUT2D eigenvalue weighted by Gasteiger charge is 2.30. The number of rotatable bonds is 17. The molecule has 2 aliphatic heterocycles. The minimum Gasteiger partial charge on any atom is -0.504 e. The molecule has 4 aromatic carbocycles. The zero-order chi connectivity index (χ0) is 51.1. The number of aliphatic carboxylic acids is 1. The first-order valence-electron chi connectivity index (χ1n) is 24.8. The van der Waals surface area contributed by atoms with Crippen molar-refractivity contribution in [1.29, 1.82) is 0 Å². The highest BCUT2D eigenvalue weighted by atomic mass is 16.4. The van der Waals surface area contributed by atoms with E-state index in [1.807, 2.05) is 24.3 Å². The van der Waals surface area contributed by atoms with Crippen molar-refractivity contribution in [2.24, 2.45) is 11.8 Å². The van der Waals surface area contributed by atoms with E-state index in [1.54, 1.807) is 13.8 Å². The van der Waals surface area contributed by atoms with E-state index in [2.05, 4.69) is 113 Å². The van der Waals surface area contributed by atoms with Crippen LogP contribution < -0.4 is 20.4 Å². The van der Waals surface area contributed by atoms with Crippen LogP contribution in [0.1, 0.15) is 94.7 Å². The number of aliphatic hydroxyl groups is 2. The lowest BCUT2D eigenvalue weighted by atomic mass is 9.92. The van der Waals surface area contributed by atoms with Crippen LogP contribution in [0.25, 0.3) is 22.3 Å². The molecular weight excluding hydrogens is 913 g/mol. The van der Waals surface area contributed by atoms with Gasteiger partial charge in [-0.1, -0.05) is 72.8 Å². The van der Waals surface area contributed by atoms with Gasteiger partial charge >= 0.3 is 5.97 Å². The van der Waals surface area contributed by atoms with E-state index in [4.69, 9.17) is 0 Å². The Hall–Kier alpha value is -7.43. The molecule has 72 heavy (non-hydrogen) atoms. The van der Waals surface area contributed by atoms with Gasteiger partial charge in [0.25, 0.3) is 11.8 Å². The molecule has 7 N–H and O–H groups in total. The average Bonchev–Trinajstić information content (AvgIpc) is 3.36. The first-order chi connectivity index (χ1) is 34.6. The Morgan fingerprint density at radius 2 is 0.861 bits per heavy atom. The lowest BCUT2D eigenvalue weighted by Crippen LogP contribution is -2.53. The zero-order valence-corrected chi connectivity index (χ0v) is 41.3. The summed E-state index contributed by atoms with van der Waals surface area (Å²) in [6.07, 6.45) is 2.69. The number of nitrogens with zero attached hydrogens (tertiary/aromatic N) is 6. The van der Waals surface area contributed by atoms with Crippen LogP contribution in [0.3, 0.4) is 0 Å². The van der Waals surface area contributed by atoms with Gasteiger partial charge in [0, 0.05) is 50.4 Å². The maximum absolute atomic E-state index is 13.6. The number of aromatic hydroxyl groups is 2. The van der Waals surface area contributed by atoms with E-state index in [1.165, 1.54) is 13.8 Å². The van der Waals surface area contributed by atoms with Crippen molar-refractivity contribution in [3.63, 3.8) is 0 Å². The maximum atomic E-state index is 13.6. The van der Waals surface area contributed by atoms with Gasteiger partial charge in [-0.2, -0.15) is 0 Å². The van der Waals surface area contributed by atoms with E-state index >= 15 is 0 Å². The Bertz CT molecular complexity index is 2650. The molecule has 0 radical (unpaired) electrons. The van der Waals surface area contributed by atoms with Crippen molar-refractivity contribution in [3.8, 4) is 33.8 Å². The van der Waals surface area contributed by atoms with Crippen LogP contribution in [-0.4, -0.2) is 108 Å². The van der Waals surface area contributed by atoms with Crippen LogP contribution in [0.4, 0.5) is 11.4 Å². The van der Waals surface area contributed by atoms with Gasteiger partial charge in [-0.05, 0) is 136 Å². The Morgan fingerprint density at radius 3 is 1.17 bits per heavy atom. The third-order valence-electron chi connectivity index (χ3n) is 13.7. The number of aryl methyl sites for hydroxylation is 2. The van der Waals surface area contributed by atoms with Crippen LogP contribution >= 0.6 is 0 Å². The minimum absolute atomic E-state index is 0.151. The number of carboxylic acid groups (broad SMARTS) is 1. The molecule has 0 aliphatic carbocycles. The Balaban J connectivity index is 0.835. The van der Waals surface area contributed by atoms with E-state index < -0.39 is 46.8 Å². The normalized spacial score (nSPS) is 15.7. The second-order valence-corrected chi connectivity index (χ2v) is 19.4. The van der Waals surface area contributed by atoms with E-state index in [-0.39, 0.29) is 35.4 Å². The largest absolute Gasteiger partial charge is 0.504 e. The summed E-state index contributed by atoms with van der Waals surface area (Å²) in [7, 11) is 0. The number of carbonyl (C=O) groups is 3. The third-order valence-corrected chi connectivity index (χ3v) is 13.7. The molecule has 2 aliphatic rings. The summed E-state index contributed by atoms with van der Waals surface area (Å²) in [5, 5.41) is 55.8. The molecule has 8 rings (SSSR count). The molecule has 2 amide bonds. The summed E-state index contributed by atoms with van der Waals surface area (Å²) in [4.78, 5) is 62.0. The number of carboxylic acids is 1. The first-order valence-corrected chi connectivity index (χ1v) is 24.8. The van der Waals surface area contributed by atoms with Gasteiger partial charge in [0.15, 0.2) is 22.9 Å². The molecule has 0 saturated carbocycles. The topological polar surface area (TPSA) is 234 Å². The molecule has 2 atom stereocenters. The third kappa shape index (κ3) is 12.7. The number of aliphatic hydroxyl groups excluding tert-OH is 2. The van der Waals surface area contributed by atoms with Crippen LogP contribution in [0.15, 0.2) is 97.1 Å². The number of nitrogens with one attached hydrogen (secondary N) is 2. The van der Waals surface area contributed by atoms with Gasteiger partial charge in [-0.3, -0.25) is 9.59 Å². The highest BCUT2D eigenvalue weighted by molar-refractivity contribution is 6.00. The van der Waals surface area contributed by atoms with Gasteiger partial charge in [-0.15, -0.1) is 0 Å². The fourth-order valence-corrected chi connectivity index (χ4v) is 9.69. The molecule has 2 unspecified atom stereocenters. The molecule has 2 fully saturated rings. The standard InChI is InChI=1S/C56H64N8O8/c1-33(65)29-37-5-9-41(10-6-37)43-13-17-45(18-14-43)63-25-21-39(22-26-63)31-47-57-35(3)51(67)49(59-47)54(69)61-53(56(71)72)62-55(70)50-52(68)36(4)58-48(60-50)32-40-23-27-64(28-24-40)46-19-15-44(16-20-46)42-11-7-38(8-12-42)30-34(2)66/h5-20,33-34,39-40,53,65-68H,21-32H2,1-4H3,(H,61,69)(H,62,70)(H,71,72). The summed E-state index contributed by atoms with van der Waals surface area (Å²) in [5.74, 6) is -3.65. The Kier molecular flexibility index (Phi) is 16.1. The number of aromatic nitrogens is 4. The summed E-state index contributed by atoms with van der Waals surface area (Å²) >= 11 is 0. The molecule has 6 aromatic rings. The summed E-state index contributed by atoms with van der Waals surface area (Å²) in [6.45, 7) is 9.82. The second-order valence-electron chi connectivity index (χ2n) is 19.4. The van der Waals surface area contributed by atoms with Crippen molar-refractivity contribution in [2.45, 2.75) is 97.4 Å². The van der Waals surface area contributed by atoms with Crippen molar-refractivity contribution < 1.29 is 39.9 Å². The van der Waals surface area contributed by atoms with Gasteiger partial charge in [0.05, 0.1) is 23.6 Å². The Morgan fingerprint density at radius 1 is 0.542 bits per heavy atom. The van der Waals surface area contributed by atoms with E-state index in [9.17, 15) is 39.9 Å². The molecular formula is C56H64N8O8. The fourth-order valence-electron chi connectivity index (χ4n) is 9.69. The molecule has 4 heterocycles. The zero-order valence-electron chi connectivity index (χ0n) is 41.3. The van der Waals surface area contributed by atoms with Crippen LogP contribution in [0.2, 0.25) is 0 Å². The lowest BCUT2D eigenvalue weighted by Gasteiger charge is -2.33. The number of piperidine rings is 2. The van der Waals surface area contributed by atoms with Gasteiger partial charge in [0.2, 0.25) is 6.17 Å². The number of carbonyl (C=O) groups excluding carboxylic acids is 2. The van der Waals surface area contributed by atoms with Crippen molar-refractivity contribution >= 4 is 29.2 Å². The first kappa shape index (κ1) is 50.9.